The third-order valence-corrected chi connectivity index (χ3v) is 14.9. The lowest BCUT2D eigenvalue weighted by Gasteiger charge is -2.30. The average Bonchev–Trinajstić information content (AvgIpc) is 3.80. The minimum atomic E-state index is -3.59. The van der Waals surface area contributed by atoms with Gasteiger partial charge in [0.2, 0.25) is 6.29 Å². The quantitative estimate of drug-likeness (QED) is 0.0462. The molecule has 4 aromatic rings. The molecule has 3 heterocycles. The van der Waals surface area contributed by atoms with Crippen LogP contribution >= 0.6 is 34.0 Å². The summed E-state index contributed by atoms with van der Waals surface area (Å²) < 4.78 is 52.4. The van der Waals surface area contributed by atoms with Crippen molar-refractivity contribution in [1.29, 1.82) is 0 Å². The number of sulfone groups is 1. The van der Waals surface area contributed by atoms with E-state index in [0.29, 0.717) is 58.2 Å². The number of carbonyl (C=O) groups is 4. The molecule has 2 aliphatic heterocycles. The topological polar surface area (TPSA) is 172 Å². The molecule has 6 rings (SSSR count). The fourth-order valence-electron chi connectivity index (χ4n) is 6.69. The van der Waals surface area contributed by atoms with E-state index in [-0.39, 0.29) is 45.8 Å². The SMILES string of the molecule is CC(OC(=O)CCCC[C@@H]1CC[S+]([O-])S1)OC(=O)[C@H](Cc1cccc(S(C)(=O)=O)c1)NC(=O)c1c(Cl)cc2c(c1Cl)CCN(C(=O)c1ccc3ccoc3c1)C2. The molecule has 2 amide bonds. The maximum atomic E-state index is 13.9. The molecule has 0 radical (unpaired) electrons. The minimum absolute atomic E-state index is 0.00849. The second kappa shape index (κ2) is 18.2. The van der Waals surface area contributed by atoms with E-state index < -0.39 is 50.2 Å². The molecule has 1 fully saturated rings. The smallest absolute Gasteiger partial charge is 0.332 e. The number of esters is 2. The van der Waals surface area contributed by atoms with Crippen molar-refractivity contribution in [3.05, 3.63) is 98.7 Å². The van der Waals surface area contributed by atoms with E-state index in [0.717, 1.165) is 30.9 Å². The van der Waals surface area contributed by atoms with Crippen molar-refractivity contribution in [1.82, 2.24) is 10.2 Å². The summed E-state index contributed by atoms with van der Waals surface area (Å²) in [4.78, 5) is 55.2. The van der Waals surface area contributed by atoms with Gasteiger partial charge in [-0.05, 0) is 72.4 Å². The van der Waals surface area contributed by atoms with Crippen LogP contribution in [0.15, 0.2) is 70.2 Å². The highest BCUT2D eigenvalue weighted by molar-refractivity contribution is 8.72. The standard InChI is InChI=1S/C39H40Cl2N2O10S3/c1-23(52-34(44)9-4-3-7-28-14-17-55(48)54-28)53-39(47)32(19-24-6-5-8-29(18-24)56(2,49)50)42-37(45)35-31(40)20-27-22-43(15-12-30(27)36(35)41)38(46)26-11-10-25-13-16-51-33(25)21-26/h5-6,8,10-11,13,16,18,20-21,23,28,32H,3-4,7,9,12,14-15,17,19,22H2,1-2H3,(H,42,45)/t23?,28-,32+,55?/m1/s1. The molecule has 0 aliphatic carbocycles. The Morgan fingerprint density at radius 1 is 1.09 bits per heavy atom. The molecule has 2 unspecified atom stereocenters. The fourth-order valence-corrected chi connectivity index (χ4v) is 11.7. The Balaban J connectivity index is 1.14. The van der Waals surface area contributed by atoms with E-state index in [1.165, 1.54) is 35.9 Å². The van der Waals surface area contributed by atoms with Crippen LogP contribution in [0.25, 0.3) is 11.0 Å². The van der Waals surface area contributed by atoms with Gasteiger partial charge >= 0.3 is 11.9 Å². The highest BCUT2D eigenvalue weighted by atomic mass is 35.5. The number of nitrogens with one attached hydrogen (secondary N) is 1. The normalized spacial score (nSPS) is 17.9. The molecule has 0 saturated carbocycles. The van der Waals surface area contributed by atoms with Gasteiger partial charge in [0.05, 0.1) is 42.8 Å². The Bertz CT molecular complexity index is 2250. The van der Waals surface area contributed by atoms with E-state index >= 15 is 0 Å². The van der Waals surface area contributed by atoms with Gasteiger partial charge in [0.15, 0.2) is 9.84 Å². The number of hydrogen-bond acceptors (Lipinski definition) is 11. The number of ether oxygens (including phenoxy) is 2. The van der Waals surface area contributed by atoms with Crippen LogP contribution in [0.2, 0.25) is 10.0 Å². The molecule has 12 nitrogen and oxygen atoms in total. The Morgan fingerprint density at radius 2 is 1.89 bits per heavy atom. The third-order valence-electron chi connectivity index (χ3n) is 9.56. The van der Waals surface area contributed by atoms with Gasteiger partial charge in [0, 0.05) is 66.7 Å². The van der Waals surface area contributed by atoms with Gasteiger partial charge in [-0.15, -0.1) is 0 Å². The summed E-state index contributed by atoms with van der Waals surface area (Å²) in [6, 6.07) is 13.2. The molecule has 0 bridgehead atoms. The van der Waals surface area contributed by atoms with Crippen LogP contribution in [0.4, 0.5) is 0 Å². The fraction of sp³-hybridized carbons (Fsp3) is 0.385. The van der Waals surface area contributed by atoms with Gasteiger partial charge in [-0.1, -0.05) is 47.8 Å². The molecule has 298 valence electrons. The lowest BCUT2D eigenvalue weighted by molar-refractivity contribution is -0.185. The van der Waals surface area contributed by atoms with Crippen LogP contribution in [-0.4, -0.2) is 77.8 Å². The average molecular weight is 864 g/mol. The second-order valence-corrected chi connectivity index (χ2v) is 20.1. The molecule has 2 aliphatic rings. The summed E-state index contributed by atoms with van der Waals surface area (Å²) in [5.74, 6) is -1.82. The summed E-state index contributed by atoms with van der Waals surface area (Å²) in [5.41, 5.74) is 2.67. The molecular weight excluding hydrogens is 824 g/mol. The molecule has 56 heavy (non-hydrogen) atoms. The van der Waals surface area contributed by atoms with Crippen LogP contribution in [0.3, 0.4) is 0 Å². The predicted molar refractivity (Wildman–Crippen MR) is 215 cm³/mol. The molecule has 1 saturated heterocycles. The van der Waals surface area contributed by atoms with E-state index in [2.05, 4.69) is 5.32 Å². The first kappa shape index (κ1) is 41.9. The minimum Gasteiger partial charge on any atom is -0.605 e. The van der Waals surface area contributed by atoms with Crippen LogP contribution in [0.5, 0.6) is 0 Å². The van der Waals surface area contributed by atoms with Crippen molar-refractivity contribution in [3.63, 3.8) is 0 Å². The highest BCUT2D eigenvalue weighted by Gasteiger charge is 2.32. The molecule has 1 aromatic heterocycles. The zero-order valence-corrected chi connectivity index (χ0v) is 34.5. The first-order valence-corrected chi connectivity index (χ1v) is 23.3. The van der Waals surface area contributed by atoms with Gasteiger partial charge < -0.3 is 28.7 Å². The third kappa shape index (κ3) is 10.4. The van der Waals surface area contributed by atoms with E-state index in [1.807, 2.05) is 12.1 Å². The molecule has 3 aromatic carbocycles. The van der Waals surface area contributed by atoms with Gasteiger partial charge in [0.25, 0.3) is 11.8 Å². The molecular formula is C39H40Cl2N2O10S3. The summed E-state index contributed by atoms with van der Waals surface area (Å²) in [5, 5.41) is 3.91. The van der Waals surface area contributed by atoms with Crippen molar-refractivity contribution in [2.45, 2.75) is 80.9 Å². The maximum Gasteiger partial charge on any atom is 0.332 e. The van der Waals surface area contributed by atoms with Crippen molar-refractivity contribution in [2.24, 2.45) is 0 Å². The predicted octanol–water partition coefficient (Wildman–Crippen LogP) is 6.84. The van der Waals surface area contributed by atoms with E-state index in [1.54, 1.807) is 35.4 Å². The second-order valence-electron chi connectivity index (χ2n) is 13.7. The largest absolute Gasteiger partial charge is 0.605 e. The van der Waals surface area contributed by atoms with Crippen molar-refractivity contribution in [3.8, 4) is 0 Å². The Kier molecular flexibility index (Phi) is 13.6. The number of furan rings is 1. The van der Waals surface area contributed by atoms with E-state index in [9.17, 15) is 32.1 Å². The Labute approximate surface area is 341 Å². The number of halogens is 2. The monoisotopic (exact) mass is 862 g/mol. The van der Waals surface area contributed by atoms with Crippen LogP contribution in [0.1, 0.15) is 76.4 Å². The number of hydrogen-bond donors (Lipinski definition) is 1. The van der Waals surface area contributed by atoms with Crippen molar-refractivity contribution >= 4 is 88.8 Å². The number of fused-ring (bicyclic) bond motifs is 2. The number of rotatable bonds is 14. The van der Waals surface area contributed by atoms with Crippen LogP contribution in [-0.2, 0) is 58.5 Å². The maximum absolute atomic E-state index is 13.9. The number of amides is 2. The number of nitrogens with zero attached hydrogens (tertiary/aromatic N) is 1. The van der Waals surface area contributed by atoms with Crippen molar-refractivity contribution < 1.29 is 46.0 Å². The number of carbonyl (C=O) groups excluding carboxylic acids is 4. The lowest BCUT2D eigenvalue weighted by Crippen LogP contribution is -2.45. The molecule has 0 spiro atoms. The molecule has 17 heteroatoms. The van der Waals surface area contributed by atoms with Crippen LogP contribution in [0, 0.1) is 0 Å². The number of benzene rings is 3. The number of unbranched alkanes of at least 4 members (excludes halogenated alkanes) is 1. The van der Waals surface area contributed by atoms with Gasteiger partial charge in [-0.25, -0.2) is 13.2 Å². The summed E-state index contributed by atoms with van der Waals surface area (Å²) in [6.45, 7) is 1.88. The summed E-state index contributed by atoms with van der Waals surface area (Å²) >= 11 is 13.5. The van der Waals surface area contributed by atoms with E-state index in [4.69, 9.17) is 37.1 Å². The Morgan fingerprint density at radius 3 is 2.64 bits per heavy atom. The summed E-state index contributed by atoms with van der Waals surface area (Å²) in [6.07, 6.45) is 4.60. The first-order chi connectivity index (χ1) is 26.7. The first-order valence-electron chi connectivity index (χ1n) is 18.0. The Hall–Kier alpha value is -3.73. The zero-order chi connectivity index (χ0) is 40.1. The zero-order valence-electron chi connectivity index (χ0n) is 30.6. The highest BCUT2D eigenvalue weighted by Crippen LogP contribution is 2.36. The van der Waals surface area contributed by atoms with Gasteiger partial charge in [0.1, 0.15) is 17.4 Å². The molecule has 4 atom stereocenters. The van der Waals surface area contributed by atoms with Gasteiger partial charge in [-0.3, -0.25) is 14.4 Å². The van der Waals surface area contributed by atoms with Crippen molar-refractivity contribution in [2.75, 3.05) is 18.6 Å². The van der Waals surface area contributed by atoms with Gasteiger partial charge in [-0.2, -0.15) is 0 Å². The molecule has 1 N–H and O–H groups in total. The van der Waals surface area contributed by atoms with Crippen LogP contribution < -0.4 is 5.32 Å². The summed E-state index contributed by atoms with van der Waals surface area (Å²) in [7, 11) is -2.96. The lowest BCUT2D eigenvalue weighted by atomic mass is 9.95.